The van der Waals surface area contributed by atoms with E-state index in [0.29, 0.717) is 0 Å². The van der Waals surface area contributed by atoms with Crippen LogP contribution >= 0.6 is 0 Å². The molecule has 0 aliphatic carbocycles. The zero-order valence-corrected chi connectivity index (χ0v) is 23.1. The van der Waals surface area contributed by atoms with E-state index in [0.717, 1.165) is 0 Å². The Kier molecular flexibility index (Phi) is 12.1. The topological polar surface area (TPSA) is 0 Å². The number of hydrogen-bond donors (Lipinski definition) is 0. The number of unbranched alkanes of at least 4 members (excludes halogenated alkanes) is 7. The van der Waals surface area contributed by atoms with Crippen LogP contribution < -0.4 is 34.5 Å². The third-order valence-corrected chi connectivity index (χ3v) is 18.9. The molecule has 0 aliphatic heterocycles. The van der Waals surface area contributed by atoms with Gasteiger partial charge >= 0.3 is 183 Å². The van der Waals surface area contributed by atoms with Crippen molar-refractivity contribution in [1.29, 1.82) is 0 Å². The van der Waals surface area contributed by atoms with Crippen LogP contribution in [0.2, 0.25) is 4.37 Å². The van der Waals surface area contributed by atoms with Crippen LogP contribution in [0, 0.1) is 0 Å². The van der Waals surface area contributed by atoms with Crippen molar-refractivity contribution >= 4 is 29.3 Å². The zero-order chi connectivity index (χ0) is 20.2. The Bertz CT molecular complexity index is 705. The molecule has 0 spiro atoms. The summed E-state index contributed by atoms with van der Waals surface area (Å²) in [6.07, 6.45) is 11.1. The first kappa shape index (κ1) is 25.5. The smallest absolute Gasteiger partial charge is 1.00 e. The molecule has 30 heavy (non-hydrogen) atoms. The first-order valence-electron chi connectivity index (χ1n) is 11.4. The molecule has 0 unspecified atom stereocenters. The molecule has 0 N–H and O–H groups in total. The normalized spacial score (nSPS) is 11.1. The average Bonchev–Trinajstić information content (AvgIpc) is 2.80. The largest absolute Gasteiger partial charge is 1.00 e. The van der Waals surface area contributed by atoms with Crippen molar-refractivity contribution in [2.45, 2.75) is 62.7 Å². The maximum atomic E-state index is 2.40. The van der Waals surface area contributed by atoms with Crippen LogP contribution in [0.3, 0.4) is 0 Å². The summed E-state index contributed by atoms with van der Waals surface area (Å²) in [6.45, 7) is 2.29. The van der Waals surface area contributed by atoms with E-state index in [1.165, 1.54) is 55.7 Å². The Balaban J connectivity index is 0.00000320. The van der Waals surface area contributed by atoms with E-state index in [2.05, 4.69) is 97.9 Å². The van der Waals surface area contributed by atoms with E-state index >= 15 is 0 Å². The fourth-order valence-corrected chi connectivity index (χ4v) is 17.0. The van der Waals surface area contributed by atoms with Gasteiger partial charge in [-0.3, -0.25) is 0 Å². The monoisotopic (exact) mass is 620 g/mol. The van der Waals surface area contributed by atoms with Gasteiger partial charge in [-0.1, -0.05) is 0 Å². The maximum Gasteiger partial charge on any atom is -1.00 e. The fraction of sp³-hybridized carbons (Fsp3) is 0.357. The van der Waals surface area contributed by atoms with E-state index in [1.807, 2.05) is 0 Å². The van der Waals surface area contributed by atoms with Crippen LogP contribution in [0.4, 0.5) is 0 Å². The van der Waals surface area contributed by atoms with E-state index in [1.54, 1.807) is 10.5 Å². The molecule has 0 bridgehead atoms. The van der Waals surface area contributed by atoms with Crippen LogP contribution in [-0.2, 0) is 0 Å². The van der Waals surface area contributed by atoms with Gasteiger partial charge in [-0.05, 0) is 0 Å². The Morgan fingerprint density at radius 2 is 0.800 bits per heavy atom. The summed E-state index contributed by atoms with van der Waals surface area (Å²) >= 11 is -2.85. The molecule has 2 heteroatoms. The predicted octanol–water partition coefficient (Wildman–Crippen LogP) is 3.30. The van der Waals surface area contributed by atoms with Crippen LogP contribution in [-0.4, -0.2) is 18.8 Å². The van der Waals surface area contributed by atoms with Crippen molar-refractivity contribution in [3.8, 4) is 0 Å². The Morgan fingerprint density at radius 1 is 0.467 bits per heavy atom. The summed E-state index contributed by atoms with van der Waals surface area (Å²) in [5.41, 5.74) is 0. The van der Waals surface area contributed by atoms with E-state index in [4.69, 9.17) is 0 Å². The zero-order valence-electron chi connectivity index (χ0n) is 18.3. The van der Waals surface area contributed by atoms with Crippen molar-refractivity contribution in [1.82, 2.24) is 0 Å². The summed E-state index contributed by atoms with van der Waals surface area (Å²) in [5.74, 6) is 0. The molecule has 0 aliphatic rings. The van der Waals surface area contributed by atoms with Crippen LogP contribution in [0.25, 0.3) is 0 Å². The maximum absolute atomic E-state index is 2.85. The molecule has 0 fully saturated rings. The van der Waals surface area contributed by atoms with Gasteiger partial charge < -0.3 is 24.0 Å². The summed E-state index contributed by atoms with van der Waals surface area (Å²) < 4.78 is 6.16. The molecule has 160 valence electrons. The standard InChI is InChI=1S/C10H21.3C6H5.HI.Sb/c1-3-5-7-9-10-8-6-4-2;3*1-2-4-6-5-3-1;;/h1,3-10H2,2H3;3*1-5H;1H;/q;;;;;+1/p-1. The number of hydrogen-bond acceptors (Lipinski definition) is 0. The third kappa shape index (κ3) is 6.86. The van der Waals surface area contributed by atoms with Crippen molar-refractivity contribution in [3.05, 3.63) is 91.0 Å². The van der Waals surface area contributed by atoms with Gasteiger partial charge in [-0.15, -0.1) is 0 Å². The molecule has 0 nitrogen and oxygen atoms in total. The molecule has 0 heterocycles. The summed E-state index contributed by atoms with van der Waals surface area (Å²) in [5, 5.41) is 0. The van der Waals surface area contributed by atoms with Gasteiger partial charge in [-0.25, -0.2) is 0 Å². The minimum Gasteiger partial charge on any atom is -1.00 e. The van der Waals surface area contributed by atoms with Crippen LogP contribution in [0.5, 0.6) is 0 Å². The number of halogens is 1. The Hall–Kier alpha value is -0.792. The summed E-state index contributed by atoms with van der Waals surface area (Å²) in [6, 6.07) is 34.3. The summed E-state index contributed by atoms with van der Waals surface area (Å²) in [4.78, 5) is 0. The molecule has 0 radical (unpaired) electrons. The molecule has 0 saturated heterocycles. The van der Waals surface area contributed by atoms with Gasteiger partial charge in [0.1, 0.15) is 0 Å². The first-order chi connectivity index (χ1) is 14.4. The van der Waals surface area contributed by atoms with Gasteiger partial charge in [0.05, 0.1) is 0 Å². The number of benzene rings is 3. The van der Waals surface area contributed by atoms with Crippen LogP contribution in [0.15, 0.2) is 91.0 Å². The third-order valence-electron chi connectivity index (χ3n) is 5.94. The van der Waals surface area contributed by atoms with Gasteiger partial charge in [0.2, 0.25) is 0 Å². The molecular weight excluding hydrogens is 585 g/mol. The quantitative estimate of drug-likeness (QED) is 0.166. The molecule has 0 atom stereocenters. The van der Waals surface area contributed by atoms with Crippen molar-refractivity contribution in [2.75, 3.05) is 0 Å². The minimum atomic E-state index is -2.85. The van der Waals surface area contributed by atoms with Gasteiger partial charge in [0, 0.05) is 0 Å². The Morgan fingerprint density at radius 3 is 1.17 bits per heavy atom. The average molecular weight is 621 g/mol. The minimum absolute atomic E-state index is 0. The molecule has 0 saturated carbocycles. The molecule has 0 amide bonds. The van der Waals surface area contributed by atoms with E-state index in [9.17, 15) is 0 Å². The van der Waals surface area contributed by atoms with Gasteiger partial charge in [0.15, 0.2) is 0 Å². The second kappa shape index (κ2) is 14.3. The van der Waals surface area contributed by atoms with Crippen molar-refractivity contribution in [2.24, 2.45) is 0 Å². The van der Waals surface area contributed by atoms with E-state index < -0.39 is 18.8 Å². The predicted molar refractivity (Wildman–Crippen MR) is 131 cm³/mol. The molecule has 3 aromatic carbocycles. The van der Waals surface area contributed by atoms with Crippen LogP contribution in [0.1, 0.15) is 58.3 Å². The SMILES string of the molecule is CCCCCCCCC[CH2][Sb+]([c]1ccccc1)([c]1ccccc1)[c]1ccccc1.[I-]. The van der Waals surface area contributed by atoms with Crippen molar-refractivity contribution in [3.63, 3.8) is 0 Å². The Labute approximate surface area is 205 Å². The second-order valence-electron chi connectivity index (χ2n) is 8.01. The fourth-order valence-electron chi connectivity index (χ4n) is 4.36. The molecule has 0 aromatic heterocycles. The molecule has 3 aromatic rings. The van der Waals surface area contributed by atoms with Gasteiger partial charge in [-0.2, -0.15) is 0 Å². The summed E-state index contributed by atoms with van der Waals surface area (Å²) in [7, 11) is 0. The molecular formula is C28H36ISb. The first-order valence-corrected chi connectivity index (χ1v) is 17.1. The molecule has 3 rings (SSSR count). The van der Waals surface area contributed by atoms with Gasteiger partial charge in [0.25, 0.3) is 0 Å². The van der Waals surface area contributed by atoms with E-state index in [-0.39, 0.29) is 24.0 Å². The number of rotatable bonds is 12. The van der Waals surface area contributed by atoms with Crippen molar-refractivity contribution < 1.29 is 24.0 Å². The second-order valence-corrected chi connectivity index (χ2v) is 18.3.